The quantitative estimate of drug-likeness (QED) is 0.734. The van der Waals surface area contributed by atoms with E-state index in [4.69, 9.17) is 9.15 Å². The van der Waals surface area contributed by atoms with Crippen LogP contribution in [-0.2, 0) is 9.53 Å². The molecule has 0 saturated carbocycles. The van der Waals surface area contributed by atoms with Gasteiger partial charge in [-0.15, -0.1) is 0 Å². The van der Waals surface area contributed by atoms with Gasteiger partial charge in [-0.3, -0.25) is 9.59 Å². The van der Waals surface area contributed by atoms with Gasteiger partial charge in [-0.2, -0.15) is 0 Å². The van der Waals surface area contributed by atoms with E-state index < -0.39 is 0 Å². The first-order chi connectivity index (χ1) is 8.63. The third-order valence-electron chi connectivity index (χ3n) is 3.18. The van der Waals surface area contributed by atoms with E-state index in [9.17, 15) is 9.59 Å². The van der Waals surface area contributed by atoms with Gasteiger partial charge in [0.25, 0.3) is 5.91 Å². The first kappa shape index (κ1) is 12.6. The number of piperidine rings is 1. The average molecular weight is 252 g/mol. The maximum Gasteiger partial charge on any atom is 0.310 e. The lowest BCUT2D eigenvalue weighted by molar-refractivity contribution is -0.146. The minimum absolute atomic E-state index is 0.210. The standard InChI is InChI=1S/C12H16N2O4/c1-8-10(18-7-13-8)11(15)14-5-3-4-9(6-14)12(16)17-2/h7,9H,3-6H2,1-2H3/t9-/m0/s1. The van der Waals surface area contributed by atoms with Crippen LogP contribution in [0.2, 0.25) is 0 Å². The summed E-state index contributed by atoms with van der Waals surface area (Å²) in [5.74, 6) is -0.461. The second-order valence-corrected chi connectivity index (χ2v) is 4.38. The Bertz CT molecular complexity index is 455. The molecule has 1 aromatic rings. The van der Waals surface area contributed by atoms with Gasteiger partial charge in [0.1, 0.15) is 0 Å². The van der Waals surface area contributed by atoms with Crippen molar-refractivity contribution in [1.29, 1.82) is 0 Å². The Morgan fingerprint density at radius 1 is 1.56 bits per heavy atom. The minimum atomic E-state index is -0.262. The number of ether oxygens (including phenoxy) is 1. The summed E-state index contributed by atoms with van der Waals surface area (Å²) in [6.07, 6.45) is 2.80. The van der Waals surface area contributed by atoms with E-state index in [-0.39, 0.29) is 23.6 Å². The maximum atomic E-state index is 12.2. The van der Waals surface area contributed by atoms with Crippen molar-refractivity contribution >= 4 is 11.9 Å². The van der Waals surface area contributed by atoms with Crippen LogP contribution in [0.5, 0.6) is 0 Å². The molecule has 0 bridgehead atoms. The van der Waals surface area contributed by atoms with Crippen LogP contribution in [0.4, 0.5) is 0 Å². The fraction of sp³-hybridized carbons (Fsp3) is 0.583. The molecule has 0 unspecified atom stereocenters. The van der Waals surface area contributed by atoms with Crippen LogP contribution in [0.15, 0.2) is 10.8 Å². The third kappa shape index (κ3) is 2.37. The Labute approximate surface area is 105 Å². The smallest absolute Gasteiger partial charge is 0.310 e. The third-order valence-corrected chi connectivity index (χ3v) is 3.18. The summed E-state index contributed by atoms with van der Waals surface area (Å²) in [6.45, 7) is 2.73. The van der Waals surface area contributed by atoms with Gasteiger partial charge in [0, 0.05) is 13.1 Å². The Hall–Kier alpha value is -1.85. The fourth-order valence-electron chi connectivity index (χ4n) is 2.17. The van der Waals surface area contributed by atoms with Crippen molar-refractivity contribution in [2.24, 2.45) is 5.92 Å². The normalized spacial score (nSPS) is 19.7. The Kier molecular flexibility index (Phi) is 3.64. The molecule has 1 saturated heterocycles. The molecule has 0 spiro atoms. The molecule has 0 N–H and O–H groups in total. The molecule has 2 heterocycles. The number of aryl methyl sites for hydroxylation is 1. The van der Waals surface area contributed by atoms with Gasteiger partial charge >= 0.3 is 5.97 Å². The van der Waals surface area contributed by atoms with E-state index in [0.717, 1.165) is 12.8 Å². The highest BCUT2D eigenvalue weighted by Crippen LogP contribution is 2.20. The van der Waals surface area contributed by atoms with Crippen LogP contribution >= 0.6 is 0 Å². The number of hydrogen-bond donors (Lipinski definition) is 0. The van der Waals surface area contributed by atoms with Crippen LogP contribution in [0, 0.1) is 12.8 Å². The molecule has 1 aliphatic heterocycles. The van der Waals surface area contributed by atoms with Gasteiger partial charge in [-0.25, -0.2) is 4.98 Å². The van der Waals surface area contributed by atoms with Crippen molar-refractivity contribution in [3.05, 3.63) is 17.8 Å². The van der Waals surface area contributed by atoms with E-state index in [2.05, 4.69) is 4.98 Å². The van der Waals surface area contributed by atoms with E-state index in [1.54, 1.807) is 11.8 Å². The van der Waals surface area contributed by atoms with Crippen LogP contribution in [0.1, 0.15) is 29.1 Å². The molecule has 1 atom stereocenters. The number of likely N-dealkylation sites (tertiary alicyclic amines) is 1. The molecule has 6 nitrogen and oxygen atoms in total. The van der Waals surface area contributed by atoms with Gasteiger partial charge in [0.2, 0.25) is 5.76 Å². The number of nitrogens with zero attached hydrogens (tertiary/aromatic N) is 2. The molecule has 0 aromatic carbocycles. The van der Waals surface area contributed by atoms with Crippen molar-refractivity contribution in [2.45, 2.75) is 19.8 Å². The number of rotatable bonds is 2. The molecule has 6 heteroatoms. The lowest BCUT2D eigenvalue weighted by Crippen LogP contribution is -2.42. The maximum absolute atomic E-state index is 12.2. The second-order valence-electron chi connectivity index (χ2n) is 4.38. The Morgan fingerprint density at radius 2 is 2.33 bits per heavy atom. The zero-order valence-electron chi connectivity index (χ0n) is 10.5. The van der Waals surface area contributed by atoms with E-state index in [1.165, 1.54) is 13.5 Å². The molecular weight excluding hydrogens is 236 g/mol. The van der Waals surface area contributed by atoms with Crippen molar-refractivity contribution in [1.82, 2.24) is 9.88 Å². The Morgan fingerprint density at radius 3 is 2.94 bits per heavy atom. The highest BCUT2D eigenvalue weighted by Gasteiger charge is 2.31. The highest BCUT2D eigenvalue weighted by atomic mass is 16.5. The highest BCUT2D eigenvalue weighted by molar-refractivity contribution is 5.92. The lowest BCUT2D eigenvalue weighted by Gasteiger charge is -2.30. The molecule has 1 aliphatic rings. The van der Waals surface area contributed by atoms with Crippen LogP contribution in [0.25, 0.3) is 0 Å². The SMILES string of the molecule is COC(=O)[C@H]1CCCN(C(=O)c2ocnc2C)C1. The average Bonchev–Trinajstić information content (AvgIpc) is 2.83. The fourth-order valence-corrected chi connectivity index (χ4v) is 2.17. The van der Waals surface area contributed by atoms with E-state index in [1.807, 2.05) is 0 Å². The second kappa shape index (κ2) is 5.20. The summed E-state index contributed by atoms with van der Waals surface area (Å²) in [5, 5.41) is 0. The molecule has 18 heavy (non-hydrogen) atoms. The van der Waals surface area contributed by atoms with Gasteiger partial charge in [-0.05, 0) is 19.8 Å². The number of amides is 1. The predicted molar refractivity (Wildman–Crippen MR) is 61.9 cm³/mol. The number of oxazole rings is 1. The summed E-state index contributed by atoms with van der Waals surface area (Å²) < 4.78 is 9.80. The summed E-state index contributed by atoms with van der Waals surface area (Å²) in [5.41, 5.74) is 0.570. The molecule has 0 aliphatic carbocycles. The zero-order valence-corrected chi connectivity index (χ0v) is 10.5. The zero-order chi connectivity index (χ0) is 13.1. The monoisotopic (exact) mass is 252 g/mol. The lowest BCUT2D eigenvalue weighted by atomic mass is 9.98. The Balaban J connectivity index is 2.07. The number of esters is 1. The van der Waals surface area contributed by atoms with Crippen LogP contribution < -0.4 is 0 Å². The van der Waals surface area contributed by atoms with E-state index >= 15 is 0 Å². The number of aromatic nitrogens is 1. The van der Waals surface area contributed by atoms with Gasteiger partial charge < -0.3 is 14.1 Å². The molecule has 0 radical (unpaired) electrons. The number of hydrogen-bond acceptors (Lipinski definition) is 5. The van der Waals surface area contributed by atoms with Crippen molar-refractivity contribution < 1.29 is 18.7 Å². The number of methoxy groups -OCH3 is 1. The van der Waals surface area contributed by atoms with E-state index in [0.29, 0.717) is 18.8 Å². The van der Waals surface area contributed by atoms with Gasteiger partial charge in [0.05, 0.1) is 18.7 Å². The van der Waals surface area contributed by atoms with Crippen molar-refractivity contribution in [3.8, 4) is 0 Å². The van der Waals surface area contributed by atoms with Gasteiger partial charge in [-0.1, -0.05) is 0 Å². The molecule has 1 aromatic heterocycles. The number of carbonyl (C=O) groups excluding carboxylic acids is 2. The first-order valence-electron chi connectivity index (χ1n) is 5.90. The molecule has 1 amide bonds. The summed E-state index contributed by atoms with van der Waals surface area (Å²) in [7, 11) is 1.36. The predicted octanol–water partition coefficient (Wildman–Crippen LogP) is 1.01. The molecular formula is C12H16N2O4. The van der Waals surface area contributed by atoms with Crippen LogP contribution in [0.3, 0.4) is 0 Å². The topological polar surface area (TPSA) is 72.6 Å². The summed E-state index contributed by atoms with van der Waals surface area (Å²) in [6, 6.07) is 0. The largest absolute Gasteiger partial charge is 0.469 e. The minimum Gasteiger partial charge on any atom is -0.469 e. The molecule has 2 rings (SSSR count). The molecule has 1 fully saturated rings. The van der Waals surface area contributed by atoms with Gasteiger partial charge in [0.15, 0.2) is 6.39 Å². The first-order valence-corrected chi connectivity index (χ1v) is 5.90. The number of carbonyl (C=O) groups is 2. The molecule has 98 valence electrons. The van der Waals surface area contributed by atoms with Crippen LogP contribution in [-0.4, -0.2) is 42.0 Å². The summed E-state index contributed by atoms with van der Waals surface area (Å²) in [4.78, 5) is 29.2. The van der Waals surface area contributed by atoms with Crippen molar-refractivity contribution in [2.75, 3.05) is 20.2 Å². The van der Waals surface area contributed by atoms with Crippen molar-refractivity contribution in [3.63, 3.8) is 0 Å². The summed E-state index contributed by atoms with van der Waals surface area (Å²) >= 11 is 0.